The highest BCUT2D eigenvalue weighted by atomic mass is 32.2. The molecular formula is C20H22N4O3S. The Labute approximate surface area is 167 Å². The molecule has 146 valence electrons. The first-order valence-corrected chi connectivity index (χ1v) is 9.82. The number of H-pyrrole nitrogens is 1. The Kier molecular flexibility index (Phi) is 6.54. The molecule has 0 saturated carbocycles. The van der Waals surface area contributed by atoms with Crippen molar-refractivity contribution in [3.8, 4) is 5.75 Å². The molecule has 0 atom stereocenters. The van der Waals surface area contributed by atoms with Gasteiger partial charge >= 0.3 is 5.69 Å². The molecule has 7 nitrogen and oxygen atoms in total. The molecule has 0 fully saturated rings. The molecule has 0 radical (unpaired) electrons. The molecule has 1 heterocycles. The van der Waals surface area contributed by atoms with Gasteiger partial charge in [-0.3, -0.25) is 9.36 Å². The van der Waals surface area contributed by atoms with Gasteiger partial charge in [0.05, 0.1) is 18.6 Å². The van der Waals surface area contributed by atoms with E-state index in [9.17, 15) is 9.59 Å². The molecule has 2 N–H and O–H groups in total. The summed E-state index contributed by atoms with van der Waals surface area (Å²) < 4.78 is 6.83. The number of methoxy groups -OCH3 is 1. The van der Waals surface area contributed by atoms with Crippen molar-refractivity contribution in [2.45, 2.75) is 25.0 Å². The Morgan fingerprint density at radius 3 is 2.79 bits per heavy atom. The number of aryl methyl sites for hydroxylation is 2. The van der Waals surface area contributed by atoms with E-state index in [0.29, 0.717) is 29.6 Å². The second-order valence-electron chi connectivity index (χ2n) is 6.24. The first-order valence-electron chi connectivity index (χ1n) is 8.83. The lowest BCUT2D eigenvalue weighted by atomic mass is 10.1. The summed E-state index contributed by atoms with van der Waals surface area (Å²) in [6.45, 7) is 2.44. The number of benzene rings is 2. The molecule has 0 saturated heterocycles. The summed E-state index contributed by atoms with van der Waals surface area (Å²) in [7, 11) is 1.56. The predicted octanol–water partition coefficient (Wildman–Crippen LogP) is 2.86. The summed E-state index contributed by atoms with van der Waals surface area (Å²) >= 11 is 1.22. The number of aromatic nitrogens is 3. The number of carbonyl (C=O) groups is 1. The molecule has 0 aliphatic heterocycles. The van der Waals surface area contributed by atoms with E-state index >= 15 is 0 Å². The van der Waals surface area contributed by atoms with E-state index < -0.39 is 0 Å². The van der Waals surface area contributed by atoms with Crippen molar-refractivity contribution >= 4 is 23.4 Å². The molecule has 0 aliphatic rings. The summed E-state index contributed by atoms with van der Waals surface area (Å²) in [5.41, 5.74) is 2.50. The topological polar surface area (TPSA) is 89.0 Å². The second kappa shape index (κ2) is 9.27. The molecule has 0 unspecified atom stereocenters. The van der Waals surface area contributed by atoms with Gasteiger partial charge in [-0.2, -0.15) is 0 Å². The molecule has 1 aromatic heterocycles. The van der Waals surface area contributed by atoms with Crippen molar-refractivity contribution in [2.24, 2.45) is 0 Å². The molecule has 2 aromatic carbocycles. The Morgan fingerprint density at radius 1 is 1.25 bits per heavy atom. The molecule has 3 aromatic rings. The quantitative estimate of drug-likeness (QED) is 0.570. The molecule has 8 heteroatoms. The smallest absolute Gasteiger partial charge is 0.343 e. The number of rotatable bonds is 8. The zero-order valence-corrected chi connectivity index (χ0v) is 16.6. The minimum Gasteiger partial charge on any atom is -0.495 e. The van der Waals surface area contributed by atoms with Gasteiger partial charge in [0.15, 0.2) is 5.16 Å². The lowest BCUT2D eigenvalue weighted by Gasteiger charge is -2.11. The lowest BCUT2D eigenvalue weighted by Crippen LogP contribution is -2.20. The Bertz CT molecular complexity index is 998. The number of nitrogens with one attached hydrogen (secondary N) is 2. The average molecular weight is 398 g/mol. The lowest BCUT2D eigenvalue weighted by molar-refractivity contribution is -0.113. The van der Waals surface area contributed by atoms with Crippen molar-refractivity contribution in [2.75, 3.05) is 18.2 Å². The van der Waals surface area contributed by atoms with E-state index in [2.05, 4.69) is 15.5 Å². The van der Waals surface area contributed by atoms with Gasteiger partial charge in [0.25, 0.3) is 0 Å². The third-order valence-corrected chi connectivity index (χ3v) is 5.13. The van der Waals surface area contributed by atoms with Crippen LogP contribution in [0.4, 0.5) is 5.69 Å². The first-order chi connectivity index (χ1) is 13.6. The fourth-order valence-electron chi connectivity index (χ4n) is 2.73. The van der Waals surface area contributed by atoms with Crippen LogP contribution in [0.5, 0.6) is 5.75 Å². The Hall–Kier alpha value is -3.00. The summed E-state index contributed by atoms with van der Waals surface area (Å²) in [6, 6.07) is 15.5. The molecule has 0 bridgehead atoms. The normalized spacial score (nSPS) is 10.6. The maximum Gasteiger partial charge on any atom is 0.343 e. The average Bonchev–Trinajstić information content (AvgIpc) is 3.05. The van der Waals surface area contributed by atoms with E-state index in [4.69, 9.17) is 4.74 Å². The number of thioether (sulfide) groups is 1. The number of nitrogens with zero attached hydrogens (tertiary/aromatic N) is 2. The van der Waals surface area contributed by atoms with E-state index in [1.54, 1.807) is 11.7 Å². The van der Waals surface area contributed by atoms with Gasteiger partial charge in [0, 0.05) is 6.54 Å². The van der Waals surface area contributed by atoms with Crippen LogP contribution in [0, 0.1) is 6.92 Å². The van der Waals surface area contributed by atoms with Gasteiger partial charge in [-0.05, 0) is 36.6 Å². The summed E-state index contributed by atoms with van der Waals surface area (Å²) in [5, 5.41) is 9.84. The Morgan fingerprint density at radius 2 is 2.04 bits per heavy atom. The maximum absolute atomic E-state index is 12.3. The van der Waals surface area contributed by atoms with E-state index in [1.807, 2.05) is 55.5 Å². The highest BCUT2D eigenvalue weighted by Crippen LogP contribution is 2.25. The summed E-state index contributed by atoms with van der Waals surface area (Å²) in [5.74, 6) is 0.537. The van der Waals surface area contributed by atoms with Gasteiger partial charge in [0.2, 0.25) is 5.91 Å². The third-order valence-electron chi connectivity index (χ3n) is 4.15. The largest absolute Gasteiger partial charge is 0.495 e. The van der Waals surface area contributed by atoms with Gasteiger partial charge in [0.1, 0.15) is 5.75 Å². The van der Waals surface area contributed by atoms with Crippen LogP contribution in [0.15, 0.2) is 58.5 Å². The van der Waals surface area contributed by atoms with Gasteiger partial charge in [-0.15, -0.1) is 5.10 Å². The van der Waals surface area contributed by atoms with Gasteiger partial charge in [-0.25, -0.2) is 9.89 Å². The third kappa shape index (κ3) is 5.04. The predicted molar refractivity (Wildman–Crippen MR) is 110 cm³/mol. The van der Waals surface area contributed by atoms with Crippen LogP contribution in [0.3, 0.4) is 0 Å². The molecule has 3 rings (SSSR count). The van der Waals surface area contributed by atoms with E-state index in [1.165, 1.54) is 11.8 Å². The van der Waals surface area contributed by atoms with Crippen LogP contribution in [0.1, 0.15) is 11.1 Å². The molecule has 0 spiro atoms. The standard InChI is InChI=1S/C20H22N4O3S/c1-14-8-9-17(27-2)16(12-14)21-18(25)13-28-20-23-22-19(26)24(20)11-10-15-6-4-3-5-7-15/h3-9,12H,10-11,13H2,1-2H3,(H,21,25)(H,22,26). The number of aromatic amines is 1. The highest BCUT2D eigenvalue weighted by molar-refractivity contribution is 7.99. The van der Waals surface area contributed by atoms with Gasteiger partial charge in [-0.1, -0.05) is 48.2 Å². The monoisotopic (exact) mass is 398 g/mol. The van der Waals surface area contributed by atoms with Crippen LogP contribution in [-0.4, -0.2) is 33.5 Å². The zero-order valence-electron chi connectivity index (χ0n) is 15.8. The number of hydrogen-bond acceptors (Lipinski definition) is 5. The van der Waals surface area contributed by atoms with Crippen molar-refractivity contribution in [1.29, 1.82) is 0 Å². The van der Waals surface area contributed by atoms with Crippen molar-refractivity contribution in [1.82, 2.24) is 14.8 Å². The van der Waals surface area contributed by atoms with Crippen molar-refractivity contribution in [3.63, 3.8) is 0 Å². The summed E-state index contributed by atoms with van der Waals surface area (Å²) in [4.78, 5) is 24.4. The maximum atomic E-state index is 12.3. The van der Waals surface area contributed by atoms with E-state index in [0.717, 1.165) is 11.1 Å². The fourth-order valence-corrected chi connectivity index (χ4v) is 3.50. The molecule has 1 amide bonds. The SMILES string of the molecule is COc1ccc(C)cc1NC(=O)CSc1n[nH]c(=O)n1CCc1ccccc1. The van der Waals surface area contributed by atoms with Crippen molar-refractivity contribution in [3.05, 3.63) is 70.1 Å². The number of anilines is 1. The van der Waals surface area contributed by atoms with Crippen LogP contribution in [0.2, 0.25) is 0 Å². The molecule has 0 aliphatic carbocycles. The first kappa shape index (κ1) is 19.8. The van der Waals surface area contributed by atoms with Crippen molar-refractivity contribution < 1.29 is 9.53 Å². The fraction of sp³-hybridized carbons (Fsp3) is 0.250. The summed E-state index contributed by atoms with van der Waals surface area (Å²) in [6.07, 6.45) is 0.709. The van der Waals surface area contributed by atoms with Crippen LogP contribution in [0.25, 0.3) is 0 Å². The second-order valence-corrected chi connectivity index (χ2v) is 7.18. The van der Waals surface area contributed by atoms with Crippen LogP contribution < -0.4 is 15.7 Å². The van der Waals surface area contributed by atoms with Crippen LogP contribution in [-0.2, 0) is 17.8 Å². The number of carbonyl (C=O) groups excluding carboxylic acids is 1. The number of ether oxygens (including phenoxy) is 1. The number of hydrogen-bond donors (Lipinski definition) is 2. The highest BCUT2D eigenvalue weighted by Gasteiger charge is 2.13. The minimum absolute atomic E-state index is 0.132. The molecular weight excluding hydrogens is 376 g/mol. The minimum atomic E-state index is -0.279. The number of amides is 1. The van der Waals surface area contributed by atoms with E-state index in [-0.39, 0.29) is 17.3 Å². The molecule has 28 heavy (non-hydrogen) atoms. The van der Waals surface area contributed by atoms with Gasteiger partial charge < -0.3 is 10.1 Å². The zero-order chi connectivity index (χ0) is 19.9. The van der Waals surface area contributed by atoms with Crippen LogP contribution >= 0.6 is 11.8 Å². The Balaban J connectivity index is 1.61.